The van der Waals surface area contributed by atoms with Gasteiger partial charge in [0.1, 0.15) is 0 Å². The average molecular weight is 258 g/mol. The van der Waals surface area contributed by atoms with E-state index in [2.05, 4.69) is 24.8 Å². The third-order valence-corrected chi connectivity index (χ3v) is 3.61. The SMILES string of the molecule is CCN(CC)Cc1ccccc1[Se]O. The van der Waals surface area contributed by atoms with Crippen molar-refractivity contribution in [1.82, 2.24) is 4.90 Å². The molecule has 0 radical (unpaired) electrons. The Bertz CT molecular complexity index is 274. The predicted molar refractivity (Wildman–Crippen MR) is 60.7 cm³/mol. The van der Waals surface area contributed by atoms with Gasteiger partial charge in [0.05, 0.1) is 0 Å². The fourth-order valence-electron chi connectivity index (χ4n) is 1.41. The molecule has 0 unspecified atom stereocenters. The zero-order valence-corrected chi connectivity index (χ0v) is 10.4. The molecule has 3 heteroatoms. The van der Waals surface area contributed by atoms with Crippen molar-refractivity contribution in [2.24, 2.45) is 0 Å². The van der Waals surface area contributed by atoms with Gasteiger partial charge in [0.2, 0.25) is 0 Å². The quantitative estimate of drug-likeness (QED) is 0.788. The van der Waals surface area contributed by atoms with E-state index in [0.717, 1.165) is 24.1 Å². The topological polar surface area (TPSA) is 23.5 Å². The van der Waals surface area contributed by atoms with Gasteiger partial charge in [-0.1, -0.05) is 0 Å². The van der Waals surface area contributed by atoms with E-state index in [-0.39, 0.29) is 15.3 Å². The maximum atomic E-state index is 9.22. The Morgan fingerprint density at radius 1 is 1.21 bits per heavy atom. The Morgan fingerprint density at radius 3 is 2.43 bits per heavy atom. The molecule has 0 amide bonds. The zero-order chi connectivity index (χ0) is 10.4. The van der Waals surface area contributed by atoms with Crippen molar-refractivity contribution >= 4 is 19.7 Å². The fraction of sp³-hybridized carbons (Fsp3) is 0.455. The average Bonchev–Trinajstić information content (AvgIpc) is 2.26. The molecule has 1 aromatic rings. The first-order valence-corrected chi connectivity index (χ1v) is 6.55. The van der Waals surface area contributed by atoms with E-state index in [9.17, 15) is 4.19 Å². The number of hydrogen-bond donors (Lipinski definition) is 1. The maximum absolute atomic E-state index is 9.22. The number of nitrogens with zero attached hydrogens (tertiary/aromatic N) is 1. The van der Waals surface area contributed by atoms with Crippen LogP contribution in [0.2, 0.25) is 0 Å². The fourth-order valence-corrected chi connectivity index (χ4v) is 2.23. The Kier molecular flexibility index (Phi) is 5.20. The molecule has 0 atom stereocenters. The van der Waals surface area contributed by atoms with Gasteiger partial charge in [-0.3, -0.25) is 0 Å². The van der Waals surface area contributed by atoms with Crippen molar-refractivity contribution in [2.75, 3.05) is 13.1 Å². The van der Waals surface area contributed by atoms with Crippen molar-refractivity contribution < 1.29 is 4.19 Å². The summed E-state index contributed by atoms with van der Waals surface area (Å²) in [4.78, 5) is 2.35. The molecular weight excluding hydrogens is 241 g/mol. The normalized spacial score (nSPS) is 10.9. The monoisotopic (exact) mass is 259 g/mol. The summed E-state index contributed by atoms with van der Waals surface area (Å²) in [5.74, 6) is 0. The zero-order valence-electron chi connectivity index (χ0n) is 8.73. The molecule has 2 nitrogen and oxygen atoms in total. The van der Waals surface area contributed by atoms with Crippen LogP contribution in [-0.4, -0.2) is 37.5 Å². The van der Waals surface area contributed by atoms with Crippen LogP contribution in [-0.2, 0) is 6.54 Å². The van der Waals surface area contributed by atoms with Gasteiger partial charge in [-0.15, -0.1) is 0 Å². The van der Waals surface area contributed by atoms with E-state index < -0.39 is 0 Å². The minimum atomic E-state index is -0.385. The molecule has 0 aliphatic carbocycles. The molecule has 0 heterocycles. The van der Waals surface area contributed by atoms with Gasteiger partial charge >= 0.3 is 92.1 Å². The van der Waals surface area contributed by atoms with Gasteiger partial charge in [0.25, 0.3) is 0 Å². The molecular formula is C11H17NOSe. The third-order valence-electron chi connectivity index (χ3n) is 2.36. The summed E-state index contributed by atoms with van der Waals surface area (Å²) >= 11 is -0.385. The number of benzene rings is 1. The predicted octanol–water partition coefficient (Wildman–Crippen LogP) is 0.765. The second-order valence-electron chi connectivity index (χ2n) is 3.16. The Labute approximate surface area is 92.4 Å². The molecule has 0 bridgehead atoms. The van der Waals surface area contributed by atoms with Crippen LogP contribution in [0.1, 0.15) is 19.4 Å². The van der Waals surface area contributed by atoms with Crippen LogP contribution in [0.4, 0.5) is 0 Å². The van der Waals surface area contributed by atoms with Crippen LogP contribution < -0.4 is 4.46 Å². The Hall–Kier alpha value is -0.341. The Balaban J connectivity index is 2.74. The molecule has 1 aromatic carbocycles. The van der Waals surface area contributed by atoms with Gasteiger partial charge in [-0.25, -0.2) is 0 Å². The van der Waals surface area contributed by atoms with Crippen molar-refractivity contribution in [1.29, 1.82) is 0 Å². The van der Waals surface area contributed by atoms with E-state index in [4.69, 9.17) is 0 Å². The van der Waals surface area contributed by atoms with Gasteiger partial charge in [-0.05, 0) is 0 Å². The first kappa shape index (κ1) is 11.7. The summed E-state index contributed by atoms with van der Waals surface area (Å²) in [5.41, 5.74) is 1.26. The van der Waals surface area contributed by atoms with Gasteiger partial charge in [-0.2, -0.15) is 0 Å². The van der Waals surface area contributed by atoms with Gasteiger partial charge in [0, 0.05) is 0 Å². The van der Waals surface area contributed by atoms with E-state index in [1.54, 1.807) is 0 Å². The van der Waals surface area contributed by atoms with Crippen LogP contribution in [0, 0.1) is 0 Å². The van der Waals surface area contributed by atoms with Crippen molar-refractivity contribution in [3.8, 4) is 0 Å². The van der Waals surface area contributed by atoms with Gasteiger partial charge in [0.15, 0.2) is 0 Å². The van der Waals surface area contributed by atoms with E-state index in [1.807, 2.05) is 18.2 Å². The molecule has 14 heavy (non-hydrogen) atoms. The summed E-state index contributed by atoms with van der Waals surface area (Å²) < 4.78 is 10.3. The molecule has 0 spiro atoms. The van der Waals surface area contributed by atoms with E-state index in [0.29, 0.717) is 0 Å². The molecule has 0 aromatic heterocycles. The standard InChI is InChI=1S/C11H17NOSe/c1-3-12(4-2)9-10-7-5-6-8-11(10)14-13/h5-8,13H,3-4,9H2,1-2H3. The minimum absolute atomic E-state index is 0.385. The first-order valence-electron chi connectivity index (χ1n) is 4.93. The number of rotatable bonds is 5. The molecule has 0 aliphatic rings. The van der Waals surface area contributed by atoms with E-state index >= 15 is 0 Å². The number of hydrogen-bond acceptors (Lipinski definition) is 2. The second kappa shape index (κ2) is 6.20. The molecule has 1 rings (SSSR count). The van der Waals surface area contributed by atoms with Crippen LogP contribution in [0.5, 0.6) is 0 Å². The molecule has 1 N–H and O–H groups in total. The second-order valence-corrected chi connectivity index (χ2v) is 4.47. The summed E-state index contributed by atoms with van der Waals surface area (Å²) in [6.45, 7) is 7.39. The summed E-state index contributed by atoms with van der Waals surface area (Å²) in [7, 11) is 0. The molecule has 78 valence electrons. The van der Waals surface area contributed by atoms with Crippen LogP contribution >= 0.6 is 0 Å². The third kappa shape index (κ3) is 3.10. The van der Waals surface area contributed by atoms with Crippen molar-refractivity contribution in [3.63, 3.8) is 0 Å². The van der Waals surface area contributed by atoms with E-state index in [1.165, 1.54) is 5.56 Å². The summed E-state index contributed by atoms with van der Waals surface area (Å²) in [6, 6.07) is 8.14. The molecule has 0 saturated heterocycles. The van der Waals surface area contributed by atoms with Crippen LogP contribution in [0.15, 0.2) is 24.3 Å². The van der Waals surface area contributed by atoms with Gasteiger partial charge < -0.3 is 0 Å². The Morgan fingerprint density at radius 2 is 1.86 bits per heavy atom. The molecule has 0 fully saturated rings. The van der Waals surface area contributed by atoms with Crippen LogP contribution in [0.3, 0.4) is 0 Å². The molecule has 0 saturated carbocycles. The van der Waals surface area contributed by atoms with Crippen LogP contribution in [0.25, 0.3) is 0 Å². The summed E-state index contributed by atoms with van der Waals surface area (Å²) in [5, 5.41) is 0. The first-order chi connectivity index (χ1) is 6.81. The van der Waals surface area contributed by atoms with Crippen molar-refractivity contribution in [3.05, 3.63) is 29.8 Å². The van der Waals surface area contributed by atoms with Crippen molar-refractivity contribution in [2.45, 2.75) is 20.4 Å². The molecule has 0 aliphatic heterocycles. The summed E-state index contributed by atoms with van der Waals surface area (Å²) in [6.07, 6.45) is 0.